The molecule has 0 aromatic heterocycles. The van der Waals surface area contributed by atoms with E-state index in [-0.39, 0.29) is 5.78 Å². The summed E-state index contributed by atoms with van der Waals surface area (Å²) in [6, 6.07) is 19.1. The molecule has 0 aliphatic rings. The fourth-order valence-electron chi connectivity index (χ4n) is 1.62. The topological polar surface area (TPSA) is 34.1 Å². The maximum atomic E-state index is 11.0. The van der Waals surface area contributed by atoms with Crippen LogP contribution in [0.3, 0.4) is 0 Å². The zero-order valence-electron chi connectivity index (χ0n) is 14.0. The highest BCUT2D eigenvalue weighted by Crippen LogP contribution is 2.01. The van der Waals surface area contributed by atoms with E-state index in [1.165, 1.54) is 0 Å². The van der Waals surface area contributed by atoms with Gasteiger partial charge in [-0.1, -0.05) is 81.4 Å². The van der Waals surface area contributed by atoms with Crippen molar-refractivity contribution in [3.63, 3.8) is 0 Å². The maximum Gasteiger partial charge on any atom is 0.159 e. The number of rotatable bonds is 4. The summed E-state index contributed by atoms with van der Waals surface area (Å²) in [4.78, 5) is 21.6. The van der Waals surface area contributed by atoms with Crippen LogP contribution in [0.4, 0.5) is 0 Å². The summed E-state index contributed by atoms with van der Waals surface area (Å²) in [6.45, 7) is 7.46. The molecule has 0 N–H and O–H groups in total. The molecule has 2 nitrogen and oxygen atoms in total. The Morgan fingerprint density at radius 1 is 0.818 bits per heavy atom. The van der Waals surface area contributed by atoms with Crippen molar-refractivity contribution in [2.75, 3.05) is 0 Å². The van der Waals surface area contributed by atoms with Gasteiger partial charge in [-0.25, -0.2) is 0 Å². The second-order valence-corrected chi connectivity index (χ2v) is 4.48. The molecule has 118 valence electrons. The number of carbonyl (C=O) groups is 2. The molecule has 0 atom stereocenters. The molecular weight excluding hydrogens is 272 g/mol. The summed E-state index contributed by atoms with van der Waals surface area (Å²) in [7, 11) is 0. The van der Waals surface area contributed by atoms with E-state index < -0.39 is 0 Å². The molecule has 2 heteroatoms. The van der Waals surface area contributed by atoms with E-state index >= 15 is 0 Å². The lowest BCUT2D eigenvalue weighted by molar-refractivity contribution is -0.118. The number of hydrogen-bond acceptors (Lipinski definition) is 2. The van der Waals surface area contributed by atoms with Gasteiger partial charge in [-0.15, -0.1) is 0 Å². The van der Waals surface area contributed by atoms with Crippen molar-refractivity contribution in [1.82, 2.24) is 0 Å². The molecule has 0 radical (unpaired) electrons. The van der Waals surface area contributed by atoms with Crippen LogP contribution < -0.4 is 0 Å². The van der Waals surface area contributed by atoms with Crippen LogP contribution in [0.25, 0.3) is 0 Å². The van der Waals surface area contributed by atoms with E-state index in [1.54, 1.807) is 6.92 Å². The Kier molecular flexibility index (Phi) is 11.3. The number of carbonyl (C=O) groups excluding carboxylic acids is 2. The maximum absolute atomic E-state index is 11.0. The van der Waals surface area contributed by atoms with Crippen molar-refractivity contribution in [3.8, 4) is 0 Å². The van der Waals surface area contributed by atoms with Crippen molar-refractivity contribution in [2.45, 2.75) is 40.5 Å². The Hall–Kier alpha value is -2.22. The van der Waals surface area contributed by atoms with Crippen LogP contribution in [0, 0.1) is 0 Å². The molecule has 0 saturated heterocycles. The molecule has 22 heavy (non-hydrogen) atoms. The normalized spacial score (nSPS) is 8.73. The Balaban J connectivity index is 0.000000366. The molecule has 0 spiro atoms. The highest BCUT2D eigenvalue weighted by molar-refractivity contribution is 5.93. The molecule has 0 aliphatic heterocycles. The van der Waals surface area contributed by atoms with Gasteiger partial charge in [0.1, 0.15) is 5.78 Å². The van der Waals surface area contributed by atoms with Gasteiger partial charge in [-0.2, -0.15) is 0 Å². The third-order valence-electron chi connectivity index (χ3n) is 2.82. The molecule has 0 fully saturated rings. The quantitative estimate of drug-likeness (QED) is 0.734. The molecular formula is C20H26O2. The van der Waals surface area contributed by atoms with Crippen LogP contribution in [-0.4, -0.2) is 11.6 Å². The van der Waals surface area contributed by atoms with Gasteiger partial charge in [0.25, 0.3) is 0 Å². The van der Waals surface area contributed by atoms with Gasteiger partial charge in [-0.3, -0.25) is 9.59 Å². The van der Waals surface area contributed by atoms with E-state index in [2.05, 4.69) is 0 Å². The highest BCUT2D eigenvalue weighted by atomic mass is 16.1. The van der Waals surface area contributed by atoms with Crippen LogP contribution in [0.15, 0.2) is 60.7 Å². The summed E-state index contributed by atoms with van der Waals surface area (Å²) in [5.74, 6) is 0.423. The first-order chi connectivity index (χ1) is 10.6. The largest absolute Gasteiger partial charge is 0.299 e. The summed E-state index contributed by atoms with van der Waals surface area (Å²) < 4.78 is 0. The van der Waals surface area contributed by atoms with Gasteiger partial charge in [0.2, 0.25) is 0 Å². The predicted octanol–water partition coefficient (Wildman–Crippen LogP) is 5.12. The van der Waals surface area contributed by atoms with Crippen molar-refractivity contribution >= 4 is 11.6 Å². The van der Waals surface area contributed by atoms with E-state index in [0.717, 1.165) is 11.1 Å². The molecule has 2 aromatic rings. The molecule has 2 aromatic carbocycles. The number of benzene rings is 2. The van der Waals surface area contributed by atoms with Crippen LogP contribution in [0.1, 0.15) is 50.0 Å². The van der Waals surface area contributed by atoms with E-state index in [4.69, 9.17) is 0 Å². The van der Waals surface area contributed by atoms with Crippen molar-refractivity contribution in [2.24, 2.45) is 0 Å². The molecule has 0 heterocycles. The smallest absolute Gasteiger partial charge is 0.159 e. The van der Waals surface area contributed by atoms with Crippen LogP contribution >= 0.6 is 0 Å². The SMILES string of the molecule is CC.CC(=O)c1ccccc1.CCC(=O)Cc1ccccc1. The lowest BCUT2D eigenvalue weighted by Crippen LogP contribution is -1.99. The van der Waals surface area contributed by atoms with E-state index in [1.807, 2.05) is 81.4 Å². The Labute approximate surface area is 134 Å². The summed E-state index contributed by atoms with van der Waals surface area (Å²) in [5, 5.41) is 0. The first-order valence-corrected chi connectivity index (χ1v) is 7.75. The Morgan fingerprint density at radius 3 is 1.64 bits per heavy atom. The van der Waals surface area contributed by atoms with Gasteiger partial charge < -0.3 is 0 Å². The monoisotopic (exact) mass is 298 g/mol. The molecule has 0 saturated carbocycles. The fraction of sp³-hybridized carbons (Fsp3) is 0.300. The van der Waals surface area contributed by atoms with Gasteiger partial charge in [0.05, 0.1) is 0 Å². The number of ketones is 2. The van der Waals surface area contributed by atoms with Crippen molar-refractivity contribution in [3.05, 3.63) is 71.8 Å². The predicted molar refractivity (Wildman–Crippen MR) is 93.2 cm³/mol. The first kappa shape index (κ1) is 19.8. The fourth-order valence-corrected chi connectivity index (χ4v) is 1.62. The first-order valence-electron chi connectivity index (χ1n) is 7.75. The summed E-state index contributed by atoms with van der Waals surface area (Å²) in [5.41, 5.74) is 1.89. The van der Waals surface area contributed by atoms with Gasteiger partial charge >= 0.3 is 0 Å². The molecule has 0 aliphatic carbocycles. The lowest BCUT2D eigenvalue weighted by Gasteiger charge is -1.96. The molecule has 0 bridgehead atoms. The van der Waals surface area contributed by atoms with Gasteiger partial charge in [-0.05, 0) is 12.5 Å². The minimum Gasteiger partial charge on any atom is -0.299 e. The summed E-state index contributed by atoms with van der Waals surface area (Å²) in [6.07, 6.45) is 1.21. The average Bonchev–Trinajstić information content (AvgIpc) is 2.59. The number of hydrogen-bond donors (Lipinski definition) is 0. The van der Waals surface area contributed by atoms with Crippen molar-refractivity contribution in [1.29, 1.82) is 0 Å². The summed E-state index contributed by atoms with van der Waals surface area (Å²) >= 11 is 0. The van der Waals surface area contributed by atoms with Crippen LogP contribution in [0.5, 0.6) is 0 Å². The van der Waals surface area contributed by atoms with Crippen LogP contribution in [0.2, 0.25) is 0 Å². The lowest BCUT2D eigenvalue weighted by atomic mass is 10.1. The van der Waals surface area contributed by atoms with Crippen molar-refractivity contribution < 1.29 is 9.59 Å². The molecule has 0 unspecified atom stereocenters. The third kappa shape index (κ3) is 8.85. The second kappa shape index (κ2) is 12.5. The third-order valence-corrected chi connectivity index (χ3v) is 2.82. The van der Waals surface area contributed by atoms with Crippen LogP contribution in [-0.2, 0) is 11.2 Å². The Bertz CT molecular complexity index is 530. The van der Waals surface area contributed by atoms with Gasteiger partial charge in [0, 0.05) is 18.4 Å². The average molecular weight is 298 g/mol. The standard InChI is InChI=1S/C10H12O.C8H8O.C2H6/c1-2-10(11)8-9-6-4-3-5-7-9;1-7(9)8-5-3-2-4-6-8;1-2/h3-7H,2,8H2,1H3;2-6H,1H3;1-2H3. The zero-order chi connectivity index (χ0) is 16.8. The highest BCUT2D eigenvalue weighted by Gasteiger charge is 1.98. The minimum absolute atomic E-state index is 0.121. The molecule has 0 amide bonds. The van der Waals surface area contributed by atoms with Gasteiger partial charge in [0.15, 0.2) is 5.78 Å². The number of Topliss-reactive ketones (excluding diaryl/α,β-unsaturated/α-hetero) is 2. The second-order valence-electron chi connectivity index (χ2n) is 4.48. The van der Waals surface area contributed by atoms with E-state index in [0.29, 0.717) is 18.6 Å². The van der Waals surface area contributed by atoms with E-state index in [9.17, 15) is 9.59 Å². The Morgan fingerprint density at radius 2 is 1.27 bits per heavy atom. The zero-order valence-corrected chi connectivity index (χ0v) is 14.0. The molecule has 2 rings (SSSR count). The minimum atomic E-state index is 0.121.